The molecule has 2 aromatic heterocycles. The lowest BCUT2D eigenvalue weighted by atomic mass is 10.2. The first-order chi connectivity index (χ1) is 11.1. The minimum Gasteiger partial charge on any atom is -0.465 e. The first-order valence-corrected chi connectivity index (χ1v) is 7.01. The molecule has 6 heteroatoms. The maximum atomic E-state index is 12.1. The summed E-state index contributed by atoms with van der Waals surface area (Å²) in [6.07, 6.45) is 0. The van der Waals surface area contributed by atoms with Gasteiger partial charge in [-0.3, -0.25) is 0 Å². The van der Waals surface area contributed by atoms with Crippen molar-refractivity contribution in [3.05, 3.63) is 59.2 Å². The maximum Gasteiger partial charge on any atom is 0.355 e. The second-order valence-corrected chi connectivity index (χ2v) is 5.02. The van der Waals surface area contributed by atoms with Crippen LogP contribution in [0.2, 0.25) is 0 Å². The third kappa shape index (κ3) is 2.96. The number of benzene rings is 1. The molecule has 23 heavy (non-hydrogen) atoms. The van der Waals surface area contributed by atoms with Crippen molar-refractivity contribution in [2.24, 2.45) is 0 Å². The summed E-state index contributed by atoms with van der Waals surface area (Å²) in [5, 5.41) is 0.932. The number of carbonyl (C=O) groups excluding carboxylic acids is 2. The van der Waals surface area contributed by atoms with Crippen LogP contribution in [-0.4, -0.2) is 24.0 Å². The zero-order valence-electron chi connectivity index (χ0n) is 12.7. The molecule has 0 radical (unpaired) electrons. The molecule has 0 bridgehead atoms. The molecule has 0 atom stereocenters. The standard InChI is InChI=1S/C17H15NO5/c1-10-13(16(19)21-2)8-12(23-10)9-22-17(20)15-7-11-5-3-4-6-14(11)18-15/h3-8,18H,9H2,1-2H3. The molecule has 0 saturated carbocycles. The first-order valence-electron chi connectivity index (χ1n) is 7.01. The number of fused-ring (bicyclic) bond motifs is 1. The fourth-order valence-electron chi connectivity index (χ4n) is 2.33. The molecule has 6 nitrogen and oxygen atoms in total. The van der Waals surface area contributed by atoms with Gasteiger partial charge in [-0.15, -0.1) is 0 Å². The summed E-state index contributed by atoms with van der Waals surface area (Å²) in [6.45, 7) is 1.58. The van der Waals surface area contributed by atoms with Crippen LogP contribution in [-0.2, 0) is 16.1 Å². The number of rotatable bonds is 4. The van der Waals surface area contributed by atoms with Gasteiger partial charge < -0.3 is 18.9 Å². The Morgan fingerprint density at radius 2 is 1.96 bits per heavy atom. The lowest BCUT2D eigenvalue weighted by Gasteiger charge is -2.00. The van der Waals surface area contributed by atoms with Gasteiger partial charge in [0.25, 0.3) is 0 Å². The van der Waals surface area contributed by atoms with Crippen LogP contribution in [0, 0.1) is 6.92 Å². The highest BCUT2D eigenvalue weighted by Crippen LogP contribution is 2.18. The average Bonchev–Trinajstić information content (AvgIpc) is 3.15. The van der Waals surface area contributed by atoms with Crippen molar-refractivity contribution < 1.29 is 23.5 Å². The number of esters is 2. The minimum atomic E-state index is -0.491. The molecular formula is C17H15NO5. The Morgan fingerprint density at radius 3 is 2.70 bits per heavy atom. The van der Waals surface area contributed by atoms with Crippen molar-refractivity contribution in [1.82, 2.24) is 4.98 Å². The van der Waals surface area contributed by atoms with Gasteiger partial charge in [0.15, 0.2) is 0 Å². The Kier molecular flexibility index (Phi) is 3.89. The summed E-state index contributed by atoms with van der Waals surface area (Å²) in [6, 6.07) is 10.8. The van der Waals surface area contributed by atoms with E-state index in [0.29, 0.717) is 22.8 Å². The second-order valence-electron chi connectivity index (χ2n) is 5.02. The zero-order chi connectivity index (χ0) is 16.4. The first kappa shape index (κ1) is 14.9. The molecule has 3 rings (SSSR count). The molecule has 3 aromatic rings. The number of methoxy groups -OCH3 is 1. The van der Waals surface area contributed by atoms with Crippen LogP contribution in [0.15, 0.2) is 40.8 Å². The number of hydrogen-bond acceptors (Lipinski definition) is 5. The molecule has 0 spiro atoms. The number of aromatic nitrogens is 1. The Morgan fingerprint density at radius 1 is 1.17 bits per heavy atom. The Labute approximate surface area is 132 Å². The fraction of sp³-hybridized carbons (Fsp3) is 0.176. The second kappa shape index (κ2) is 6.00. The predicted molar refractivity (Wildman–Crippen MR) is 82.2 cm³/mol. The number of carbonyl (C=O) groups is 2. The van der Waals surface area contributed by atoms with E-state index in [4.69, 9.17) is 9.15 Å². The van der Waals surface area contributed by atoms with E-state index in [0.717, 1.165) is 10.9 Å². The fourth-order valence-corrected chi connectivity index (χ4v) is 2.33. The number of nitrogens with one attached hydrogen (secondary N) is 1. The van der Waals surface area contributed by atoms with Crippen LogP contribution in [0.25, 0.3) is 10.9 Å². The van der Waals surface area contributed by atoms with E-state index in [1.54, 1.807) is 13.0 Å². The van der Waals surface area contributed by atoms with Gasteiger partial charge in [-0.25, -0.2) is 9.59 Å². The van der Waals surface area contributed by atoms with Crippen molar-refractivity contribution in [2.45, 2.75) is 13.5 Å². The Balaban J connectivity index is 1.70. The van der Waals surface area contributed by atoms with Gasteiger partial charge in [-0.1, -0.05) is 18.2 Å². The minimum absolute atomic E-state index is 0.0635. The van der Waals surface area contributed by atoms with Gasteiger partial charge in [0.2, 0.25) is 0 Å². The van der Waals surface area contributed by atoms with E-state index in [1.165, 1.54) is 13.2 Å². The SMILES string of the molecule is COC(=O)c1cc(COC(=O)c2cc3ccccc3[nH]2)oc1C. The number of ether oxygens (including phenoxy) is 2. The van der Waals surface area contributed by atoms with Crippen LogP contribution in [0.3, 0.4) is 0 Å². The van der Waals surface area contributed by atoms with E-state index in [2.05, 4.69) is 9.72 Å². The number of H-pyrrole nitrogens is 1. The number of para-hydroxylation sites is 1. The van der Waals surface area contributed by atoms with Crippen LogP contribution in [0.1, 0.15) is 32.4 Å². The summed E-state index contributed by atoms with van der Waals surface area (Å²) >= 11 is 0. The highest BCUT2D eigenvalue weighted by Gasteiger charge is 2.17. The largest absolute Gasteiger partial charge is 0.465 e. The van der Waals surface area contributed by atoms with Crippen molar-refractivity contribution in [1.29, 1.82) is 0 Å². The van der Waals surface area contributed by atoms with Crippen molar-refractivity contribution >= 4 is 22.8 Å². The Hall–Kier alpha value is -3.02. The summed E-state index contributed by atoms with van der Waals surface area (Å²) in [5.41, 5.74) is 1.55. The zero-order valence-corrected chi connectivity index (χ0v) is 12.7. The van der Waals surface area contributed by atoms with Crippen molar-refractivity contribution in [3.8, 4) is 0 Å². The summed E-state index contributed by atoms with van der Waals surface area (Å²) < 4.78 is 15.3. The lowest BCUT2D eigenvalue weighted by molar-refractivity contribution is 0.0438. The van der Waals surface area contributed by atoms with Gasteiger partial charge in [0, 0.05) is 10.9 Å². The van der Waals surface area contributed by atoms with Gasteiger partial charge in [0.1, 0.15) is 29.4 Å². The molecular weight excluding hydrogens is 298 g/mol. The highest BCUT2D eigenvalue weighted by atomic mass is 16.5. The van der Waals surface area contributed by atoms with E-state index in [1.807, 2.05) is 24.3 Å². The maximum absolute atomic E-state index is 12.1. The van der Waals surface area contributed by atoms with E-state index in [9.17, 15) is 9.59 Å². The van der Waals surface area contributed by atoms with Crippen LogP contribution in [0.5, 0.6) is 0 Å². The van der Waals surface area contributed by atoms with E-state index >= 15 is 0 Å². The summed E-state index contributed by atoms with van der Waals surface area (Å²) in [4.78, 5) is 26.6. The van der Waals surface area contributed by atoms with Crippen molar-refractivity contribution in [2.75, 3.05) is 7.11 Å². The molecule has 0 fully saturated rings. The molecule has 0 amide bonds. The van der Waals surface area contributed by atoms with Gasteiger partial charge in [0.05, 0.1) is 7.11 Å². The van der Waals surface area contributed by atoms with Crippen LogP contribution < -0.4 is 0 Å². The molecule has 0 aliphatic rings. The predicted octanol–water partition coefficient (Wildman–Crippen LogP) is 3.21. The molecule has 118 valence electrons. The smallest absolute Gasteiger partial charge is 0.355 e. The number of hydrogen-bond donors (Lipinski definition) is 1. The quantitative estimate of drug-likeness (QED) is 0.748. The number of aromatic amines is 1. The van der Waals surface area contributed by atoms with Gasteiger partial charge in [-0.2, -0.15) is 0 Å². The Bertz CT molecular complexity index is 841. The van der Waals surface area contributed by atoms with Crippen LogP contribution in [0.4, 0.5) is 0 Å². The molecule has 1 N–H and O–H groups in total. The van der Waals surface area contributed by atoms with Gasteiger partial charge >= 0.3 is 11.9 Å². The highest BCUT2D eigenvalue weighted by molar-refractivity contribution is 5.94. The average molecular weight is 313 g/mol. The molecule has 0 saturated heterocycles. The normalized spacial score (nSPS) is 10.7. The third-order valence-electron chi connectivity index (χ3n) is 3.47. The summed E-state index contributed by atoms with van der Waals surface area (Å²) in [7, 11) is 1.30. The molecule has 2 heterocycles. The molecule has 0 unspecified atom stereocenters. The molecule has 0 aliphatic carbocycles. The van der Waals surface area contributed by atoms with E-state index in [-0.39, 0.29) is 6.61 Å². The number of aryl methyl sites for hydroxylation is 1. The molecule has 1 aromatic carbocycles. The van der Waals surface area contributed by atoms with Crippen molar-refractivity contribution in [3.63, 3.8) is 0 Å². The number of furan rings is 1. The van der Waals surface area contributed by atoms with Crippen LogP contribution >= 0.6 is 0 Å². The topological polar surface area (TPSA) is 81.5 Å². The monoisotopic (exact) mass is 313 g/mol. The summed E-state index contributed by atoms with van der Waals surface area (Å²) in [5.74, 6) is -0.171. The van der Waals surface area contributed by atoms with Gasteiger partial charge in [-0.05, 0) is 25.1 Å². The van der Waals surface area contributed by atoms with E-state index < -0.39 is 11.9 Å². The lowest BCUT2D eigenvalue weighted by Crippen LogP contribution is -2.05. The molecule has 0 aliphatic heterocycles. The third-order valence-corrected chi connectivity index (χ3v) is 3.47.